The van der Waals surface area contributed by atoms with E-state index in [1.165, 1.54) is 0 Å². The van der Waals surface area contributed by atoms with E-state index < -0.39 is 0 Å². The Kier molecular flexibility index (Phi) is 8.95. The summed E-state index contributed by atoms with van der Waals surface area (Å²) in [6.07, 6.45) is 0.809. The van der Waals surface area contributed by atoms with Gasteiger partial charge in [0.25, 0.3) is 11.8 Å². The lowest BCUT2D eigenvalue weighted by atomic mass is 10.0. The number of anilines is 1. The number of rotatable bonds is 5. The average Bonchev–Trinajstić information content (AvgIpc) is 3.03. The highest BCUT2D eigenvalue weighted by Gasteiger charge is 2.26. The van der Waals surface area contributed by atoms with Crippen molar-refractivity contribution in [2.75, 3.05) is 37.7 Å². The number of pyridine rings is 1. The van der Waals surface area contributed by atoms with E-state index in [4.69, 9.17) is 9.72 Å². The number of fused-ring (bicyclic) bond motifs is 2. The first-order valence-corrected chi connectivity index (χ1v) is 14.4. The minimum absolute atomic E-state index is 0.0602. The number of amides is 2. The fourth-order valence-corrected chi connectivity index (χ4v) is 5.45. The molecule has 0 saturated carbocycles. The monoisotopic (exact) mass is 550 g/mol. The summed E-state index contributed by atoms with van der Waals surface area (Å²) in [5, 5.41) is 1.00. The average molecular weight is 551 g/mol. The Morgan fingerprint density at radius 1 is 0.854 bits per heavy atom. The third kappa shape index (κ3) is 6.74. The number of hydrogen-bond donors (Lipinski definition) is 0. The second kappa shape index (κ2) is 13.0. The third-order valence-electron chi connectivity index (χ3n) is 7.68. The van der Waals surface area contributed by atoms with Crippen molar-refractivity contribution in [2.45, 2.75) is 39.8 Å². The minimum atomic E-state index is -0.114. The molecule has 4 aromatic rings. The molecule has 5 rings (SSSR count). The van der Waals surface area contributed by atoms with Crippen LogP contribution in [0.5, 0.6) is 5.75 Å². The standard InChI is InChI=1S/C34H38N4O3/c1-25(2)36-19-10-20-38(32(39)24-41-29-14-5-4-6-15-29)33-26(3)11-9-13-28(33)23-37(22-21-36)34(40)31-18-17-27-12-7-8-16-30(27)35-31/h4-9,11-18,25H,10,19-24H2,1-3H3. The van der Waals surface area contributed by atoms with Crippen LogP contribution in [-0.2, 0) is 11.3 Å². The number of nitrogens with zero attached hydrogens (tertiary/aromatic N) is 4. The van der Waals surface area contributed by atoms with Gasteiger partial charge in [-0.25, -0.2) is 4.98 Å². The molecule has 0 fully saturated rings. The van der Waals surface area contributed by atoms with Crippen LogP contribution in [0.2, 0.25) is 0 Å². The number of aromatic nitrogens is 1. The van der Waals surface area contributed by atoms with Crippen molar-refractivity contribution in [3.63, 3.8) is 0 Å². The molecular weight excluding hydrogens is 512 g/mol. The van der Waals surface area contributed by atoms with Crippen molar-refractivity contribution >= 4 is 28.4 Å². The van der Waals surface area contributed by atoms with E-state index in [2.05, 4.69) is 18.7 Å². The molecular formula is C34H38N4O3. The SMILES string of the molecule is Cc1cccc2c1N(C(=O)COc1ccccc1)CCCN(C(C)C)CCN(C(=O)c1ccc3ccccc3n1)C2. The largest absolute Gasteiger partial charge is 0.484 e. The van der Waals surface area contributed by atoms with Gasteiger partial charge in [0.15, 0.2) is 6.61 Å². The van der Waals surface area contributed by atoms with Gasteiger partial charge in [-0.15, -0.1) is 0 Å². The molecule has 7 heteroatoms. The van der Waals surface area contributed by atoms with Crippen LogP contribution in [0.1, 0.15) is 41.9 Å². The van der Waals surface area contributed by atoms with Gasteiger partial charge in [0.1, 0.15) is 11.4 Å². The summed E-state index contributed by atoms with van der Waals surface area (Å²) < 4.78 is 5.87. The minimum Gasteiger partial charge on any atom is -0.484 e. The summed E-state index contributed by atoms with van der Waals surface area (Å²) in [4.78, 5) is 38.5. The fraction of sp³-hybridized carbons (Fsp3) is 0.324. The second-order valence-corrected chi connectivity index (χ2v) is 10.8. The fourth-order valence-electron chi connectivity index (χ4n) is 5.45. The molecule has 0 bridgehead atoms. The summed E-state index contributed by atoms with van der Waals surface area (Å²) in [5.74, 6) is 0.444. The highest BCUT2D eigenvalue weighted by Crippen LogP contribution is 2.29. The van der Waals surface area contributed by atoms with Crippen LogP contribution in [0.3, 0.4) is 0 Å². The zero-order valence-electron chi connectivity index (χ0n) is 24.1. The van der Waals surface area contributed by atoms with E-state index in [0.717, 1.165) is 47.2 Å². The molecule has 212 valence electrons. The Morgan fingerprint density at radius 2 is 1.63 bits per heavy atom. The van der Waals surface area contributed by atoms with Gasteiger partial charge in [0.2, 0.25) is 0 Å². The van der Waals surface area contributed by atoms with Crippen LogP contribution >= 0.6 is 0 Å². The van der Waals surface area contributed by atoms with Crippen molar-refractivity contribution in [1.82, 2.24) is 14.8 Å². The van der Waals surface area contributed by atoms with Gasteiger partial charge < -0.3 is 14.5 Å². The lowest BCUT2D eigenvalue weighted by Crippen LogP contribution is -2.41. The Morgan fingerprint density at radius 3 is 2.44 bits per heavy atom. The molecule has 0 N–H and O–H groups in total. The Labute approximate surface area is 242 Å². The highest BCUT2D eigenvalue weighted by molar-refractivity contribution is 5.97. The normalized spacial score (nSPS) is 14.9. The van der Waals surface area contributed by atoms with Crippen LogP contribution in [0.4, 0.5) is 5.69 Å². The van der Waals surface area contributed by atoms with Crippen molar-refractivity contribution in [3.8, 4) is 5.75 Å². The summed E-state index contributed by atoms with van der Waals surface area (Å²) in [6, 6.07) is 27.3. The van der Waals surface area contributed by atoms with E-state index in [9.17, 15) is 9.59 Å². The molecule has 2 amide bonds. The number of carbonyl (C=O) groups is 2. The molecule has 3 aromatic carbocycles. The molecule has 0 spiro atoms. The smallest absolute Gasteiger partial charge is 0.272 e. The van der Waals surface area contributed by atoms with E-state index in [0.29, 0.717) is 37.1 Å². The molecule has 7 nitrogen and oxygen atoms in total. The van der Waals surface area contributed by atoms with Gasteiger partial charge in [-0.1, -0.05) is 60.7 Å². The topological polar surface area (TPSA) is 66.0 Å². The Hall–Kier alpha value is -4.23. The van der Waals surface area contributed by atoms with E-state index in [-0.39, 0.29) is 18.4 Å². The zero-order chi connectivity index (χ0) is 28.8. The number of ether oxygens (including phenoxy) is 1. The van der Waals surface area contributed by atoms with Crippen molar-refractivity contribution in [1.29, 1.82) is 0 Å². The molecule has 0 unspecified atom stereocenters. The van der Waals surface area contributed by atoms with Gasteiger partial charge >= 0.3 is 0 Å². The van der Waals surface area contributed by atoms with Crippen molar-refractivity contribution in [2.24, 2.45) is 0 Å². The first-order chi connectivity index (χ1) is 19.9. The summed E-state index contributed by atoms with van der Waals surface area (Å²) in [6.45, 7) is 9.37. The summed E-state index contributed by atoms with van der Waals surface area (Å²) in [7, 11) is 0. The predicted molar refractivity (Wildman–Crippen MR) is 163 cm³/mol. The maximum atomic E-state index is 14.0. The second-order valence-electron chi connectivity index (χ2n) is 10.8. The lowest BCUT2D eigenvalue weighted by Gasteiger charge is -2.30. The molecule has 41 heavy (non-hydrogen) atoms. The third-order valence-corrected chi connectivity index (χ3v) is 7.68. The number of carbonyl (C=O) groups excluding carboxylic acids is 2. The molecule has 0 atom stereocenters. The number of hydrogen-bond acceptors (Lipinski definition) is 5. The zero-order valence-corrected chi connectivity index (χ0v) is 24.1. The molecule has 2 heterocycles. The van der Waals surface area contributed by atoms with E-state index >= 15 is 0 Å². The highest BCUT2D eigenvalue weighted by atomic mass is 16.5. The van der Waals surface area contributed by atoms with Gasteiger partial charge in [-0.2, -0.15) is 0 Å². The van der Waals surface area contributed by atoms with Crippen LogP contribution < -0.4 is 9.64 Å². The lowest BCUT2D eigenvalue weighted by molar-refractivity contribution is -0.120. The molecule has 0 radical (unpaired) electrons. The number of benzene rings is 3. The number of aryl methyl sites for hydroxylation is 1. The Balaban J connectivity index is 1.49. The quantitative estimate of drug-likeness (QED) is 0.318. The van der Waals surface area contributed by atoms with Gasteiger partial charge in [-0.3, -0.25) is 14.5 Å². The van der Waals surface area contributed by atoms with Crippen LogP contribution in [0.15, 0.2) is 84.9 Å². The van der Waals surface area contributed by atoms with Crippen LogP contribution in [-0.4, -0.2) is 65.4 Å². The first kappa shape index (κ1) is 28.3. The first-order valence-electron chi connectivity index (χ1n) is 14.4. The maximum absolute atomic E-state index is 14.0. The van der Waals surface area contributed by atoms with E-state index in [1.54, 1.807) is 0 Å². The van der Waals surface area contributed by atoms with Gasteiger partial charge in [-0.05, 0) is 62.6 Å². The van der Waals surface area contributed by atoms with Crippen LogP contribution in [0, 0.1) is 6.92 Å². The molecule has 1 aliphatic heterocycles. The molecule has 1 aromatic heterocycles. The number of para-hydroxylation sites is 3. The molecule has 0 aliphatic carbocycles. The van der Waals surface area contributed by atoms with Crippen molar-refractivity contribution in [3.05, 3.63) is 102 Å². The summed E-state index contributed by atoms with van der Waals surface area (Å²) >= 11 is 0. The predicted octanol–water partition coefficient (Wildman–Crippen LogP) is 5.71. The van der Waals surface area contributed by atoms with Crippen molar-refractivity contribution < 1.29 is 14.3 Å². The van der Waals surface area contributed by atoms with Crippen LogP contribution in [0.25, 0.3) is 10.9 Å². The Bertz CT molecular complexity index is 1500. The van der Waals surface area contributed by atoms with E-state index in [1.807, 2.05) is 102 Å². The van der Waals surface area contributed by atoms with Gasteiger partial charge in [0.05, 0.1) is 11.2 Å². The molecule has 1 aliphatic rings. The molecule has 0 saturated heterocycles. The maximum Gasteiger partial charge on any atom is 0.272 e. The van der Waals surface area contributed by atoms with Gasteiger partial charge in [0, 0.05) is 44.2 Å². The summed E-state index contributed by atoms with van der Waals surface area (Å²) in [5.41, 5.74) is 4.01.